The molecule has 0 radical (unpaired) electrons. The van der Waals surface area contributed by atoms with Crippen LogP contribution >= 0.6 is 11.5 Å². The number of nitrogens with zero attached hydrogens (tertiary/aromatic N) is 3. The highest BCUT2D eigenvalue weighted by atomic mass is 32.1. The summed E-state index contributed by atoms with van der Waals surface area (Å²) in [4.78, 5) is 11.9. The molecule has 0 amide bonds. The highest BCUT2D eigenvalue weighted by Gasteiger charge is 2.19. The number of rotatable bonds is 6. The lowest BCUT2D eigenvalue weighted by molar-refractivity contribution is 0.0527. The minimum Gasteiger partial charge on any atom is -0.462 e. The lowest BCUT2D eigenvalue weighted by Crippen LogP contribution is -2.12. The Balaban J connectivity index is 1.99. The molecule has 0 aromatic carbocycles. The molecular formula is C13H18N4O2S. The SMILES string of the molecule is CCOC(=O)c1c(C)nsc1NCCc1ccnn1C. The molecule has 2 aromatic rings. The summed E-state index contributed by atoms with van der Waals surface area (Å²) in [5, 5.41) is 8.14. The fourth-order valence-corrected chi connectivity index (χ4v) is 2.69. The molecule has 20 heavy (non-hydrogen) atoms. The maximum absolute atomic E-state index is 11.9. The first-order valence-corrected chi connectivity index (χ1v) is 7.25. The molecule has 0 saturated heterocycles. The fraction of sp³-hybridized carbons (Fsp3) is 0.462. The van der Waals surface area contributed by atoms with E-state index in [-0.39, 0.29) is 5.97 Å². The van der Waals surface area contributed by atoms with Crippen LogP contribution in [0.4, 0.5) is 5.00 Å². The third-order valence-electron chi connectivity index (χ3n) is 2.93. The predicted molar refractivity (Wildman–Crippen MR) is 78.2 cm³/mol. The third kappa shape index (κ3) is 3.16. The first kappa shape index (κ1) is 14.5. The van der Waals surface area contributed by atoms with E-state index in [1.54, 1.807) is 13.1 Å². The van der Waals surface area contributed by atoms with Gasteiger partial charge in [0.05, 0.1) is 12.3 Å². The zero-order chi connectivity index (χ0) is 14.5. The van der Waals surface area contributed by atoms with Crippen LogP contribution in [0.25, 0.3) is 0 Å². The Morgan fingerprint density at radius 1 is 1.55 bits per heavy atom. The molecule has 108 valence electrons. The van der Waals surface area contributed by atoms with Crippen LogP contribution in [0.2, 0.25) is 0 Å². The number of carbonyl (C=O) groups excluding carboxylic acids is 1. The van der Waals surface area contributed by atoms with E-state index in [1.807, 2.05) is 24.7 Å². The van der Waals surface area contributed by atoms with Gasteiger partial charge < -0.3 is 10.1 Å². The number of ether oxygens (including phenoxy) is 1. The molecule has 0 aliphatic rings. The van der Waals surface area contributed by atoms with Crippen LogP contribution in [-0.4, -0.2) is 33.3 Å². The van der Waals surface area contributed by atoms with Crippen LogP contribution in [0.1, 0.15) is 28.7 Å². The van der Waals surface area contributed by atoms with Gasteiger partial charge in [-0.05, 0) is 31.4 Å². The van der Waals surface area contributed by atoms with Gasteiger partial charge in [-0.2, -0.15) is 9.47 Å². The molecule has 0 spiro atoms. The second-order valence-corrected chi connectivity index (χ2v) is 5.09. The molecule has 2 rings (SSSR count). The first-order valence-electron chi connectivity index (χ1n) is 6.47. The summed E-state index contributed by atoms with van der Waals surface area (Å²) in [7, 11) is 1.91. The fourth-order valence-electron chi connectivity index (χ4n) is 1.88. The summed E-state index contributed by atoms with van der Waals surface area (Å²) >= 11 is 1.29. The van der Waals surface area contributed by atoms with Crippen molar-refractivity contribution in [3.05, 3.63) is 29.2 Å². The van der Waals surface area contributed by atoms with Gasteiger partial charge in [0, 0.05) is 31.9 Å². The number of esters is 1. The van der Waals surface area contributed by atoms with Crippen molar-refractivity contribution < 1.29 is 9.53 Å². The Kier molecular flexibility index (Phi) is 4.73. The molecule has 0 unspecified atom stereocenters. The van der Waals surface area contributed by atoms with Crippen molar-refractivity contribution in [2.24, 2.45) is 7.05 Å². The molecule has 1 N–H and O–H groups in total. The normalized spacial score (nSPS) is 10.6. The van der Waals surface area contributed by atoms with Gasteiger partial charge in [-0.25, -0.2) is 4.79 Å². The summed E-state index contributed by atoms with van der Waals surface area (Å²) < 4.78 is 11.1. The van der Waals surface area contributed by atoms with Gasteiger partial charge in [0.1, 0.15) is 10.6 Å². The Bertz CT molecular complexity index is 591. The molecule has 0 atom stereocenters. The second-order valence-electron chi connectivity index (χ2n) is 4.32. The van der Waals surface area contributed by atoms with E-state index in [0.717, 1.165) is 17.1 Å². The molecule has 0 fully saturated rings. The highest BCUT2D eigenvalue weighted by Crippen LogP contribution is 2.25. The van der Waals surface area contributed by atoms with Gasteiger partial charge in [-0.3, -0.25) is 4.68 Å². The average Bonchev–Trinajstić information content (AvgIpc) is 2.97. The minimum absolute atomic E-state index is 0.318. The van der Waals surface area contributed by atoms with Crippen LogP contribution in [-0.2, 0) is 18.2 Å². The zero-order valence-corrected chi connectivity index (χ0v) is 12.7. The van der Waals surface area contributed by atoms with Crippen molar-refractivity contribution in [2.45, 2.75) is 20.3 Å². The molecule has 0 bridgehead atoms. The average molecular weight is 294 g/mol. The van der Waals surface area contributed by atoms with Crippen LogP contribution in [0.3, 0.4) is 0 Å². The number of nitrogens with one attached hydrogen (secondary N) is 1. The maximum Gasteiger partial charge on any atom is 0.343 e. The van der Waals surface area contributed by atoms with E-state index >= 15 is 0 Å². The Hall–Kier alpha value is -1.89. The van der Waals surface area contributed by atoms with Gasteiger partial charge in [0.2, 0.25) is 0 Å². The number of carbonyl (C=O) groups is 1. The van der Waals surface area contributed by atoms with Crippen molar-refractivity contribution in [2.75, 3.05) is 18.5 Å². The topological polar surface area (TPSA) is 69.0 Å². The molecule has 2 aromatic heterocycles. The smallest absolute Gasteiger partial charge is 0.343 e. The Labute approximate surface area is 121 Å². The summed E-state index contributed by atoms with van der Waals surface area (Å²) in [5.74, 6) is -0.318. The summed E-state index contributed by atoms with van der Waals surface area (Å²) in [6.07, 6.45) is 2.60. The van der Waals surface area contributed by atoms with Crippen LogP contribution in [0.15, 0.2) is 12.3 Å². The molecule has 6 nitrogen and oxygen atoms in total. The molecule has 2 heterocycles. The molecule has 0 aliphatic heterocycles. The maximum atomic E-state index is 11.9. The van der Waals surface area contributed by atoms with Gasteiger partial charge >= 0.3 is 5.97 Å². The molecular weight excluding hydrogens is 276 g/mol. The van der Waals surface area contributed by atoms with E-state index < -0.39 is 0 Å². The Morgan fingerprint density at radius 3 is 3.00 bits per heavy atom. The monoisotopic (exact) mass is 294 g/mol. The van der Waals surface area contributed by atoms with Crippen LogP contribution in [0.5, 0.6) is 0 Å². The highest BCUT2D eigenvalue weighted by molar-refractivity contribution is 7.10. The second kappa shape index (κ2) is 6.51. The van der Waals surface area contributed by atoms with Gasteiger partial charge in [0.15, 0.2) is 0 Å². The molecule has 7 heteroatoms. The minimum atomic E-state index is -0.318. The molecule has 0 saturated carbocycles. The largest absolute Gasteiger partial charge is 0.462 e. The zero-order valence-electron chi connectivity index (χ0n) is 11.8. The van der Waals surface area contributed by atoms with E-state index in [4.69, 9.17) is 4.74 Å². The lowest BCUT2D eigenvalue weighted by atomic mass is 10.2. The van der Waals surface area contributed by atoms with E-state index in [9.17, 15) is 4.79 Å². The molecule has 0 aliphatic carbocycles. The Morgan fingerprint density at radius 2 is 2.35 bits per heavy atom. The van der Waals surface area contributed by atoms with Gasteiger partial charge in [0.25, 0.3) is 0 Å². The van der Waals surface area contributed by atoms with Crippen molar-refractivity contribution in [3.63, 3.8) is 0 Å². The predicted octanol–water partition coefficient (Wildman–Crippen LogP) is 2.02. The van der Waals surface area contributed by atoms with E-state index in [1.165, 1.54) is 11.5 Å². The van der Waals surface area contributed by atoms with E-state index in [2.05, 4.69) is 14.8 Å². The van der Waals surface area contributed by atoms with Crippen molar-refractivity contribution in [1.29, 1.82) is 0 Å². The van der Waals surface area contributed by atoms with Crippen LogP contribution < -0.4 is 5.32 Å². The summed E-state index contributed by atoms with van der Waals surface area (Å²) in [6.45, 7) is 4.69. The number of aryl methyl sites for hydroxylation is 2. The number of anilines is 1. The van der Waals surface area contributed by atoms with Crippen molar-refractivity contribution in [1.82, 2.24) is 14.2 Å². The van der Waals surface area contributed by atoms with Gasteiger partial charge in [-0.15, -0.1) is 0 Å². The number of hydrogen-bond donors (Lipinski definition) is 1. The van der Waals surface area contributed by atoms with Gasteiger partial charge in [-0.1, -0.05) is 0 Å². The quantitative estimate of drug-likeness (QED) is 0.825. The standard InChI is InChI=1S/C13H18N4O2S/c1-4-19-13(18)11-9(2)16-20-12(11)14-7-5-10-6-8-15-17(10)3/h6,8,14H,4-5,7H2,1-3H3. The van der Waals surface area contributed by atoms with E-state index in [0.29, 0.717) is 24.4 Å². The summed E-state index contributed by atoms with van der Waals surface area (Å²) in [5.41, 5.74) is 2.38. The lowest BCUT2D eigenvalue weighted by Gasteiger charge is -2.07. The number of aromatic nitrogens is 3. The first-order chi connectivity index (χ1) is 9.63. The number of hydrogen-bond acceptors (Lipinski definition) is 6. The van der Waals surface area contributed by atoms with Crippen molar-refractivity contribution >= 4 is 22.5 Å². The third-order valence-corrected chi connectivity index (χ3v) is 3.83. The van der Waals surface area contributed by atoms with Crippen LogP contribution in [0, 0.1) is 6.92 Å². The van der Waals surface area contributed by atoms with Crippen molar-refractivity contribution in [3.8, 4) is 0 Å². The summed E-state index contributed by atoms with van der Waals surface area (Å²) in [6, 6.07) is 1.98.